The van der Waals surface area contributed by atoms with Crippen LogP contribution in [0.3, 0.4) is 0 Å². The monoisotopic (exact) mass is 306 g/mol. The van der Waals surface area contributed by atoms with Crippen LogP contribution < -0.4 is 0 Å². The SMILES string of the molecule is C[C@]12CC[C@@H](O)C[C@H]1CC[C@@H]1[C@@H]2CC[C@@]2(C)[C@H]1CC[C@]2(C)O. The lowest BCUT2D eigenvalue weighted by molar-refractivity contribution is -0.153. The molecule has 0 aromatic carbocycles. The van der Waals surface area contributed by atoms with Crippen LogP contribution in [0.4, 0.5) is 0 Å². The van der Waals surface area contributed by atoms with Crippen molar-refractivity contribution in [2.24, 2.45) is 34.5 Å². The van der Waals surface area contributed by atoms with E-state index in [-0.39, 0.29) is 11.5 Å². The fourth-order valence-corrected chi connectivity index (χ4v) is 7.48. The zero-order chi connectivity index (χ0) is 15.8. The van der Waals surface area contributed by atoms with E-state index in [1.807, 2.05) is 0 Å². The van der Waals surface area contributed by atoms with Crippen molar-refractivity contribution in [3.63, 3.8) is 0 Å². The van der Waals surface area contributed by atoms with Gasteiger partial charge in [-0.25, -0.2) is 0 Å². The van der Waals surface area contributed by atoms with Gasteiger partial charge in [0.1, 0.15) is 0 Å². The zero-order valence-corrected chi connectivity index (χ0v) is 14.6. The van der Waals surface area contributed by atoms with Crippen molar-refractivity contribution >= 4 is 0 Å². The molecule has 0 saturated heterocycles. The smallest absolute Gasteiger partial charge is 0.0675 e. The minimum atomic E-state index is -0.455. The summed E-state index contributed by atoms with van der Waals surface area (Å²) < 4.78 is 0. The predicted octanol–water partition coefficient (Wildman–Crippen LogP) is 4.14. The lowest BCUT2D eigenvalue weighted by Gasteiger charge is -2.61. The van der Waals surface area contributed by atoms with Crippen LogP contribution in [0.5, 0.6) is 0 Å². The second kappa shape index (κ2) is 4.72. The fourth-order valence-electron chi connectivity index (χ4n) is 7.48. The molecule has 0 aromatic rings. The lowest BCUT2D eigenvalue weighted by Crippen LogP contribution is -2.56. The summed E-state index contributed by atoms with van der Waals surface area (Å²) in [6.45, 7) is 7.01. The van der Waals surface area contributed by atoms with Crippen molar-refractivity contribution in [3.8, 4) is 0 Å². The number of hydrogen-bond donors (Lipinski definition) is 2. The number of rotatable bonds is 0. The summed E-state index contributed by atoms with van der Waals surface area (Å²) in [4.78, 5) is 0. The first kappa shape index (κ1) is 15.4. The van der Waals surface area contributed by atoms with Gasteiger partial charge in [0, 0.05) is 0 Å². The van der Waals surface area contributed by atoms with Crippen LogP contribution in [0.1, 0.15) is 78.6 Å². The van der Waals surface area contributed by atoms with Crippen LogP contribution in [-0.2, 0) is 0 Å². The summed E-state index contributed by atoms with van der Waals surface area (Å²) in [7, 11) is 0. The first-order chi connectivity index (χ1) is 10.3. The molecule has 2 nitrogen and oxygen atoms in total. The van der Waals surface area contributed by atoms with Gasteiger partial charge in [-0.2, -0.15) is 0 Å². The normalized spacial score (nSPS) is 61.2. The molecule has 0 aromatic heterocycles. The first-order valence-electron chi connectivity index (χ1n) is 9.68. The molecule has 22 heavy (non-hydrogen) atoms. The molecule has 4 aliphatic carbocycles. The molecule has 0 bridgehead atoms. The van der Waals surface area contributed by atoms with Crippen molar-refractivity contribution < 1.29 is 10.2 Å². The summed E-state index contributed by atoms with van der Waals surface area (Å²) in [6.07, 6.45) is 10.6. The molecule has 4 fully saturated rings. The van der Waals surface area contributed by atoms with Crippen LogP contribution in [0, 0.1) is 34.5 Å². The Kier molecular flexibility index (Phi) is 3.32. The van der Waals surface area contributed by atoms with E-state index >= 15 is 0 Å². The van der Waals surface area contributed by atoms with Gasteiger partial charge in [-0.05, 0) is 99.2 Å². The quantitative estimate of drug-likeness (QED) is 0.706. The highest BCUT2D eigenvalue weighted by Gasteiger charge is 2.63. The minimum absolute atomic E-state index is 0.0457. The summed E-state index contributed by atoms with van der Waals surface area (Å²) in [6, 6.07) is 0. The highest BCUT2D eigenvalue weighted by atomic mass is 16.3. The maximum atomic E-state index is 10.9. The highest BCUT2D eigenvalue weighted by Crippen LogP contribution is 2.68. The van der Waals surface area contributed by atoms with E-state index in [1.54, 1.807) is 0 Å². The molecule has 8 atom stereocenters. The van der Waals surface area contributed by atoms with Gasteiger partial charge >= 0.3 is 0 Å². The number of aliphatic hydroxyl groups excluding tert-OH is 1. The standard InChI is InChI=1S/C20H34O2/c1-18-9-6-14(21)12-13(18)4-5-15-16(18)7-10-19(2)17(15)8-11-20(19,3)22/h13-17,21-22H,4-12H2,1-3H3/t13-,14-,15-,16+,17+,18+,19+,20+/m1/s1. The molecule has 4 aliphatic rings. The van der Waals surface area contributed by atoms with E-state index in [1.165, 1.54) is 38.5 Å². The molecule has 0 spiro atoms. The van der Waals surface area contributed by atoms with Crippen LogP contribution in [0.25, 0.3) is 0 Å². The Hall–Kier alpha value is -0.0800. The third kappa shape index (κ3) is 1.86. The predicted molar refractivity (Wildman–Crippen MR) is 88.4 cm³/mol. The Morgan fingerprint density at radius 1 is 0.818 bits per heavy atom. The van der Waals surface area contributed by atoms with Gasteiger partial charge < -0.3 is 10.2 Å². The Morgan fingerprint density at radius 2 is 1.55 bits per heavy atom. The molecule has 126 valence electrons. The molecule has 0 amide bonds. The van der Waals surface area contributed by atoms with Gasteiger partial charge in [0.25, 0.3) is 0 Å². The molecule has 2 N–H and O–H groups in total. The van der Waals surface area contributed by atoms with Crippen molar-refractivity contribution in [1.29, 1.82) is 0 Å². The van der Waals surface area contributed by atoms with Gasteiger partial charge in [-0.1, -0.05) is 13.8 Å². The zero-order valence-electron chi connectivity index (χ0n) is 14.6. The minimum Gasteiger partial charge on any atom is -0.393 e. The van der Waals surface area contributed by atoms with Crippen LogP contribution in [0.15, 0.2) is 0 Å². The van der Waals surface area contributed by atoms with Gasteiger partial charge in [-0.15, -0.1) is 0 Å². The number of aliphatic hydroxyl groups is 2. The van der Waals surface area contributed by atoms with E-state index in [9.17, 15) is 10.2 Å². The van der Waals surface area contributed by atoms with Crippen molar-refractivity contribution in [2.45, 2.75) is 90.3 Å². The maximum Gasteiger partial charge on any atom is 0.0675 e. The third-order valence-corrected chi connectivity index (χ3v) is 9.20. The van der Waals surface area contributed by atoms with Crippen LogP contribution in [-0.4, -0.2) is 21.9 Å². The molecule has 4 saturated carbocycles. The Labute approximate surface area is 135 Å². The maximum absolute atomic E-state index is 10.9. The third-order valence-electron chi connectivity index (χ3n) is 9.20. The Balaban J connectivity index is 1.64. The first-order valence-corrected chi connectivity index (χ1v) is 9.68. The van der Waals surface area contributed by atoms with Crippen LogP contribution in [0.2, 0.25) is 0 Å². The molecule has 0 aliphatic heterocycles. The molecule has 0 unspecified atom stereocenters. The molecule has 4 rings (SSSR count). The van der Waals surface area contributed by atoms with E-state index in [0.29, 0.717) is 5.41 Å². The Bertz CT molecular complexity index is 459. The van der Waals surface area contributed by atoms with Crippen molar-refractivity contribution in [3.05, 3.63) is 0 Å². The molecule has 0 radical (unpaired) electrons. The van der Waals surface area contributed by atoms with Gasteiger partial charge in [-0.3, -0.25) is 0 Å². The summed E-state index contributed by atoms with van der Waals surface area (Å²) in [5.41, 5.74) is 0.145. The number of fused-ring (bicyclic) bond motifs is 5. The van der Waals surface area contributed by atoms with Gasteiger partial charge in [0.05, 0.1) is 11.7 Å². The Morgan fingerprint density at radius 3 is 2.32 bits per heavy atom. The van der Waals surface area contributed by atoms with Crippen molar-refractivity contribution in [2.75, 3.05) is 0 Å². The molecule has 0 heterocycles. The average Bonchev–Trinajstić information content (AvgIpc) is 2.70. The summed E-state index contributed by atoms with van der Waals surface area (Å²) in [5.74, 6) is 3.13. The molecular formula is C20H34O2. The fraction of sp³-hybridized carbons (Fsp3) is 1.00. The summed E-state index contributed by atoms with van der Waals surface area (Å²) >= 11 is 0. The molecule has 2 heteroatoms. The van der Waals surface area contributed by atoms with Crippen molar-refractivity contribution in [1.82, 2.24) is 0 Å². The second-order valence-electron chi connectivity index (χ2n) is 9.85. The van der Waals surface area contributed by atoms with E-state index in [4.69, 9.17) is 0 Å². The highest BCUT2D eigenvalue weighted by molar-refractivity contribution is 5.12. The second-order valence-corrected chi connectivity index (χ2v) is 9.85. The average molecular weight is 306 g/mol. The lowest BCUT2D eigenvalue weighted by atomic mass is 9.44. The van der Waals surface area contributed by atoms with Gasteiger partial charge in [0.15, 0.2) is 0 Å². The largest absolute Gasteiger partial charge is 0.393 e. The topological polar surface area (TPSA) is 40.5 Å². The number of hydrogen-bond acceptors (Lipinski definition) is 2. The van der Waals surface area contributed by atoms with Gasteiger partial charge in [0.2, 0.25) is 0 Å². The summed E-state index contributed by atoms with van der Waals surface area (Å²) in [5, 5.41) is 21.0. The van der Waals surface area contributed by atoms with Crippen LogP contribution >= 0.6 is 0 Å². The van der Waals surface area contributed by atoms with E-state index in [0.717, 1.165) is 42.9 Å². The van der Waals surface area contributed by atoms with E-state index in [2.05, 4.69) is 20.8 Å². The van der Waals surface area contributed by atoms with E-state index < -0.39 is 5.60 Å². The molecular weight excluding hydrogens is 272 g/mol.